The minimum absolute atomic E-state index is 0.251. The van der Waals surface area contributed by atoms with Crippen LogP contribution in [0.2, 0.25) is 0 Å². The Balaban J connectivity index is 1.67. The van der Waals surface area contributed by atoms with Gasteiger partial charge in [0, 0.05) is 12.2 Å². The van der Waals surface area contributed by atoms with Crippen molar-refractivity contribution in [1.82, 2.24) is 0 Å². The van der Waals surface area contributed by atoms with E-state index in [1.165, 1.54) is 17.7 Å². The second-order valence-corrected chi connectivity index (χ2v) is 6.35. The third-order valence-electron chi connectivity index (χ3n) is 4.13. The number of anilines is 1. The summed E-state index contributed by atoms with van der Waals surface area (Å²) < 4.78 is 24.6. The normalized spacial score (nSPS) is 10.5. The van der Waals surface area contributed by atoms with Crippen LogP contribution >= 0.6 is 0 Å². The monoisotopic (exact) mass is 365 g/mol. The fraction of sp³-hybridized carbons (Fsp3) is 0.217. The van der Waals surface area contributed by atoms with Crippen LogP contribution in [0.5, 0.6) is 11.5 Å². The maximum Gasteiger partial charge on any atom is 0.161 e. The van der Waals surface area contributed by atoms with Gasteiger partial charge in [-0.25, -0.2) is 4.39 Å². The molecule has 27 heavy (non-hydrogen) atoms. The number of benzene rings is 3. The van der Waals surface area contributed by atoms with Gasteiger partial charge < -0.3 is 14.8 Å². The van der Waals surface area contributed by atoms with Crippen molar-refractivity contribution in [3.63, 3.8) is 0 Å². The van der Waals surface area contributed by atoms with Crippen molar-refractivity contribution in [3.8, 4) is 11.5 Å². The molecule has 140 valence electrons. The lowest BCUT2D eigenvalue weighted by atomic mass is 10.1. The first-order valence-electron chi connectivity index (χ1n) is 9.07. The summed E-state index contributed by atoms with van der Waals surface area (Å²) in [5.74, 6) is 1.14. The highest BCUT2D eigenvalue weighted by Gasteiger charge is 2.07. The van der Waals surface area contributed by atoms with Gasteiger partial charge in [0.05, 0.1) is 6.61 Å². The molecule has 0 aromatic heterocycles. The number of rotatable bonds is 8. The quantitative estimate of drug-likeness (QED) is 0.553. The summed E-state index contributed by atoms with van der Waals surface area (Å²) in [7, 11) is 0. The van der Waals surface area contributed by atoms with E-state index in [-0.39, 0.29) is 5.82 Å². The van der Waals surface area contributed by atoms with E-state index in [9.17, 15) is 4.39 Å². The molecular formula is C23H24FNO2. The number of ether oxygens (including phenoxy) is 2. The first-order valence-corrected chi connectivity index (χ1v) is 9.07. The molecule has 0 aliphatic heterocycles. The molecular weight excluding hydrogens is 341 g/mol. The second kappa shape index (κ2) is 9.08. The summed E-state index contributed by atoms with van der Waals surface area (Å²) >= 11 is 0. The summed E-state index contributed by atoms with van der Waals surface area (Å²) in [4.78, 5) is 0. The fourth-order valence-electron chi connectivity index (χ4n) is 2.75. The molecule has 0 fully saturated rings. The van der Waals surface area contributed by atoms with Gasteiger partial charge in [0.2, 0.25) is 0 Å². The van der Waals surface area contributed by atoms with Gasteiger partial charge >= 0.3 is 0 Å². The average molecular weight is 365 g/mol. The number of aryl methyl sites for hydroxylation is 1. The second-order valence-electron chi connectivity index (χ2n) is 6.35. The van der Waals surface area contributed by atoms with E-state index in [0.717, 1.165) is 16.8 Å². The lowest BCUT2D eigenvalue weighted by molar-refractivity contribution is 0.269. The molecule has 0 saturated heterocycles. The topological polar surface area (TPSA) is 30.5 Å². The molecule has 0 aliphatic carbocycles. The van der Waals surface area contributed by atoms with E-state index in [1.54, 1.807) is 12.1 Å². The van der Waals surface area contributed by atoms with Crippen molar-refractivity contribution in [2.24, 2.45) is 0 Å². The van der Waals surface area contributed by atoms with Gasteiger partial charge in [-0.1, -0.05) is 30.3 Å². The Morgan fingerprint density at radius 1 is 0.852 bits per heavy atom. The highest BCUT2D eigenvalue weighted by atomic mass is 19.1. The highest BCUT2D eigenvalue weighted by molar-refractivity contribution is 5.48. The Labute approximate surface area is 159 Å². The molecule has 0 aliphatic rings. The number of halogens is 1. The zero-order chi connectivity index (χ0) is 19.1. The molecule has 0 bridgehead atoms. The van der Waals surface area contributed by atoms with Gasteiger partial charge in [-0.3, -0.25) is 0 Å². The molecule has 3 aromatic rings. The SMILES string of the molecule is CCOc1cc(CNc2cccc(C)c2)ccc1OCc1ccc(F)cc1. The minimum atomic E-state index is -0.251. The summed E-state index contributed by atoms with van der Waals surface area (Å²) in [5.41, 5.74) is 4.32. The van der Waals surface area contributed by atoms with Crippen LogP contribution in [0.4, 0.5) is 10.1 Å². The zero-order valence-electron chi connectivity index (χ0n) is 15.7. The van der Waals surface area contributed by atoms with E-state index in [4.69, 9.17) is 9.47 Å². The standard InChI is InChI=1S/C23H24FNO2/c1-3-26-23-14-19(15-25-21-6-4-5-17(2)13-21)9-12-22(23)27-16-18-7-10-20(24)11-8-18/h4-14,25H,3,15-16H2,1-2H3. The van der Waals surface area contributed by atoms with Gasteiger partial charge in [-0.15, -0.1) is 0 Å². The Hall–Kier alpha value is -3.01. The van der Waals surface area contributed by atoms with Crippen LogP contribution < -0.4 is 14.8 Å². The molecule has 3 nitrogen and oxygen atoms in total. The van der Waals surface area contributed by atoms with Crippen LogP contribution in [0.25, 0.3) is 0 Å². The molecule has 0 radical (unpaired) electrons. The van der Waals surface area contributed by atoms with E-state index in [1.807, 2.05) is 31.2 Å². The molecule has 0 amide bonds. The van der Waals surface area contributed by atoms with Crippen molar-refractivity contribution in [3.05, 3.63) is 89.2 Å². The van der Waals surface area contributed by atoms with Crippen LogP contribution in [0.3, 0.4) is 0 Å². The van der Waals surface area contributed by atoms with Gasteiger partial charge in [0.15, 0.2) is 11.5 Å². The molecule has 0 heterocycles. The first-order chi connectivity index (χ1) is 13.1. The van der Waals surface area contributed by atoms with Crippen molar-refractivity contribution in [1.29, 1.82) is 0 Å². The molecule has 0 spiro atoms. The Kier molecular flexibility index (Phi) is 6.31. The smallest absolute Gasteiger partial charge is 0.161 e. The highest BCUT2D eigenvalue weighted by Crippen LogP contribution is 2.29. The zero-order valence-corrected chi connectivity index (χ0v) is 15.7. The number of hydrogen-bond acceptors (Lipinski definition) is 3. The Morgan fingerprint density at radius 3 is 2.37 bits per heavy atom. The van der Waals surface area contributed by atoms with Gasteiger partial charge in [-0.05, 0) is 66.9 Å². The number of hydrogen-bond donors (Lipinski definition) is 1. The van der Waals surface area contributed by atoms with Crippen LogP contribution in [0.1, 0.15) is 23.6 Å². The third kappa shape index (κ3) is 5.48. The maximum atomic E-state index is 13.0. The van der Waals surface area contributed by atoms with E-state index in [0.29, 0.717) is 31.3 Å². The van der Waals surface area contributed by atoms with Crippen molar-refractivity contribution in [2.45, 2.75) is 27.0 Å². The summed E-state index contributed by atoms with van der Waals surface area (Å²) in [6, 6.07) is 20.5. The lowest BCUT2D eigenvalue weighted by Gasteiger charge is -2.14. The molecule has 4 heteroatoms. The Bertz CT molecular complexity index is 878. The average Bonchev–Trinajstić information content (AvgIpc) is 2.67. The maximum absolute atomic E-state index is 13.0. The van der Waals surface area contributed by atoms with E-state index in [2.05, 4.69) is 30.4 Å². The molecule has 0 saturated carbocycles. The van der Waals surface area contributed by atoms with Crippen LogP contribution in [-0.4, -0.2) is 6.61 Å². The molecule has 3 aromatic carbocycles. The van der Waals surface area contributed by atoms with E-state index >= 15 is 0 Å². The van der Waals surface area contributed by atoms with Crippen LogP contribution in [0, 0.1) is 12.7 Å². The summed E-state index contributed by atoms with van der Waals surface area (Å²) in [6.45, 7) is 5.64. The summed E-state index contributed by atoms with van der Waals surface area (Å²) in [5, 5.41) is 3.42. The van der Waals surface area contributed by atoms with Crippen LogP contribution in [0.15, 0.2) is 66.7 Å². The molecule has 0 unspecified atom stereocenters. The van der Waals surface area contributed by atoms with E-state index < -0.39 is 0 Å². The number of nitrogens with one attached hydrogen (secondary N) is 1. The molecule has 3 rings (SSSR count). The van der Waals surface area contributed by atoms with Gasteiger partial charge in [-0.2, -0.15) is 0 Å². The van der Waals surface area contributed by atoms with Crippen LogP contribution in [-0.2, 0) is 13.2 Å². The van der Waals surface area contributed by atoms with Crippen molar-refractivity contribution in [2.75, 3.05) is 11.9 Å². The minimum Gasteiger partial charge on any atom is -0.490 e. The van der Waals surface area contributed by atoms with Gasteiger partial charge in [0.25, 0.3) is 0 Å². The predicted molar refractivity (Wildman–Crippen MR) is 107 cm³/mol. The largest absolute Gasteiger partial charge is 0.490 e. The van der Waals surface area contributed by atoms with Gasteiger partial charge in [0.1, 0.15) is 12.4 Å². The summed E-state index contributed by atoms with van der Waals surface area (Å²) in [6.07, 6.45) is 0. The van der Waals surface area contributed by atoms with Crippen molar-refractivity contribution < 1.29 is 13.9 Å². The third-order valence-corrected chi connectivity index (χ3v) is 4.13. The first kappa shape index (κ1) is 18.8. The fourth-order valence-corrected chi connectivity index (χ4v) is 2.75. The molecule has 1 N–H and O–H groups in total. The Morgan fingerprint density at radius 2 is 1.63 bits per heavy atom. The molecule has 0 atom stereocenters. The lowest BCUT2D eigenvalue weighted by Crippen LogP contribution is -2.03. The van der Waals surface area contributed by atoms with Crippen molar-refractivity contribution >= 4 is 5.69 Å². The predicted octanol–water partition coefficient (Wildman–Crippen LogP) is 5.72.